The molecule has 8 heteroatoms. The van der Waals surface area contributed by atoms with E-state index in [-0.39, 0.29) is 17.1 Å². The first-order valence-corrected chi connectivity index (χ1v) is 5.51. The van der Waals surface area contributed by atoms with E-state index in [1.807, 2.05) is 0 Å². The van der Waals surface area contributed by atoms with Gasteiger partial charge in [0.05, 0.1) is 12.7 Å². The van der Waals surface area contributed by atoms with E-state index < -0.39 is 17.3 Å². The summed E-state index contributed by atoms with van der Waals surface area (Å²) in [5, 5.41) is 6.00. The van der Waals surface area contributed by atoms with Crippen molar-refractivity contribution in [2.24, 2.45) is 0 Å². The van der Waals surface area contributed by atoms with Crippen LogP contribution in [0.5, 0.6) is 5.75 Å². The summed E-state index contributed by atoms with van der Waals surface area (Å²) in [4.78, 5) is 14.8. The van der Waals surface area contributed by atoms with Crippen molar-refractivity contribution >= 4 is 0 Å². The average molecular weight is 285 g/mol. The number of hydrogen-bond donors (Lipinski definition) is 1. The molecule has 1 N–H and O–H groups in total. The molecule has 0 unspecified atom stereocenters. The second-order valence-corrected chi connectivity index (χ2v) is 4.04. The highest BCUT2D eigenvalue weighted by Crippen LogP contribution is 2.35. The van der Waals surface area contributed by atoms with Gasteiger partial charge in [-0.25, -0.2) is 10.1 Å². The molecule has 0 atom stereocenters. The molecule has 0 aliphatic heterocycles. The highest BCUT2D eigenvalue weighted by atomic mass is 19.4. The van der Waals surface area contributed by atoms with Crippen molar-refractivity contribution < 1.29 is 17.9 Å². The van der Waals surface area contributed by atoms with Gasteiger partial charge in [0.2, 0.25) is 0 Å². The molecule has 0 aromatic carbocycles. The van der Waals surface area contributed by atoms with Crippen molar-refractivity contribution in [3.05, 3.63) is 39.8 Å². The molecule has 0 bridgehead atoms. The van der Waals surface area contributed by atoms with E-state index in [1.165, 1.54) is 13.2 Å². The normalized spacial score (nSPS) is 11.4. The Hall–Kier alpha value is -2.38. The lowest BCUT2D eigenvalue weighted by atomic mass is 10.1. The van der Waals surface area contributed by atoms with E-state index in [4.69, 9.17) is 4.74 Å². The minimum absolute atomic E-state index is 0.0672. The topological polar surface area (TPSA) is 67.9 Å². The molecule has 2 aromatic rings. The van der Waals surface area contributed by atoms with Crippen molar-refractivity contribution in [3.8, 4) is 17.1 Å². The number of rotatable bonds is 2. The van der Waals surface area contributed by atoms with Crippen LogP contribution in [0.2, 0.25) is 0 Å². The number of methoxy groups -OCH3 is 1. The molecule has 2 rings (SSSR count). The van der Waals surface area contributed by atoms with E-state index in [1.54, 1.807) is 6.92 Å². The van der Waals surface area contributed by atoms with Gasteiger partial charge in [-0.15, -0.1) is 0 Å². The van der Waals surface area contributed by atoms with Crippen LogP contribution in [0.3, 0.4) is 0 Å². The van der Waals surface area contributed by atoms with Gasteiger partial charge in [0, 0.05) is 12.3 Å². The van der Waals surface area contributed by atoms with Gasteiger partial charge < -0.3 is 4.74 Å². The second kappa shape index (κ2) is 4.95. The summed E-state index contributed by atoms with van der Waals surface area (Å²) < 4.78 is 42.8. The van der Waals surface area contributed by atoms with Gasteiger partial charge >= 0.3 is 6.18 Å². The number of ether oxygens (including phenoxy) is 1. The third-order valence-electron chi connectivity index (χ3n) is 2.62. The number of pyridine rings is 1. The van der Waals surface area contributed by atoms with Crippen LogP contribution in [0.15, 0.2) is 23.1 Å². The number of aromatic nitrogens is 3. The van der Waals surface area contributed by atoms with Crippen molar-refractivity contribution in [1.29, 1.82) is 0 Å². The quantitative estimate of drug-likeness (QED) is 0.918. The number of aryl methyl sites for hydroxylation is 1. The highest BCUT2D eigenvalue weighted by Gasteiger charge is 2.32. The Morgan fingerprint density at radius 1 is 1.25 bits per heavy atom. The summed E-state index contributed by atoms with van der Waals surface area (Å²) in [6.07, 6.45) is -3.81. The molecular formula is C12H10F3N3O2. The van der Waals surface area contributed by atoms with E-state index in [0.717, 1.165) is 6.07 Å². The predicted octanol–water partition coefficient (Wildman–Crippen LogP) is 2.17. The first-order chi connectivity index (χ1) is 9.32. The predicted molar refractivity (Wildman–Crippen MR) is 64.4 cm³/mol. The number of H-pyrrole nitrogens is 1. The summed E-state index contributed by atoms with van der Waals surface area (Å²) in [5.74, 6) is -0.0672. The molecule has 0 aliphatic rings. The third-order valence-corrected chi connectivity index (χ3v) is 2.62. The van der Waals surface area contributed by atoms with E-state index in [9.17, 15) is 18.0 Å². The lowest BCUT2D eigenvalue weighted by Crippen LogP contribution is -2.10. The number of halogens is 3. The maximum Gasteiger partial charge on any atom is 0.418 e. The Morgan fingerprint density at radius 3 is 2.50 bits per heavy atom. The SMILES string of the molecule is COc1cc(C(F)(F)F)cnc1-c1n[nH]c(=O)cc1C. The van der Waals surface area contributed by atoms with Crippen LogP contribution in [0, 0.1) is 6.92 Å². The van der Waals surface area contributed by atoms with Gasteiger partial charge in [0.25, 0.3) is 5.56 Å². The molecule has 2 heterocycles. The summed E-state index contributed by atoms with van der Waals surface area (Å²) in [5.41, 5.74) is -0.443. The number of aromatic amines is 1. The van der Waals surface area contributed by atoms with Crippen LogP contribution in [-0.4, -0.2) is 22.3 Å². The molecule has 0 fully saturated rings. The summed E-state index contributed by atoms with van der Waals surface area (Å²) in [6, 6.07) is 2.12. The molecule has 0 amide bonds. The van der Waals surface area contributed by atoms with Crippen molar-refractivity contribution in [1.82, 2.24) is 15.2 Å². The zero-order valence-electron chi connectivity index (χ0n) is 10.6. The Labute approximate surface area is 111 Å². The molecule has 0 radical (unpaired) electrons. The maximum absolute atomic E-state index is 12.6. The van der Waals surface area contributed by atoms with E-state index in [0.29, 0.717) is 11.8 Å². The smallest absolute Gasteiger partial charge is 0.418 e. The Morgan fingerprint density at radius 2 is 1.95 bits per heavy atom. The molecule has 106 valence electrons. The van der Waals surface area contributed by atoms with Crippen LogP contribution in [0.25, 0.3) is 11.4 Å². The number of hydrogen-bond acceptors (Lipinski definition) is 4. The van der Waals surface area contributed by atoms with Gasteiger partial charge in [-0.05, 0) is 18.6 Å². The van der Waals surface area contributed by atoms with Gasteiger partial charge in [-0.3, -0.25) is 4.79 Å². The van der Waals surface area contributed by atoms with Crippen molar-refractivity contribution in [2.45, 2.75) is 13.1 Å². The van der Waals surface area contributed by atoms with Gasteiger partial charge in [-0.1, -0.05) is 0 Å². The first-order valence-electron chi connectivity index (χ1n) is 5.51. The minimum atomic E-state index is -4.51. The van der Waals surface area contributed by atoms with Crippen LogP contribution in [-0.2, 0) is 6.18 Å². The first kappa shape index (κ1) is 14.0. The van der Waals surface area contributed by atoms with Gasteiger partial charge in [-0.2, -0.15) is 18.3 Å². The van der Waals surface area contributed by atoms with Crippen LogP contribution >= 0.6 is 0 Å². The van der Waals surface area contributed by atoms with E-state index in [2.05, 4.69) is 15.2 Å². The second-order valence-electron chi connectivity index (χ2n) is 4.04. The zero-order chi connectivity index (χ0) is 14.9. The number of nitrogens with zero attached hydrogens (tertiary/aromatic N) is 2. The van der Waals surface area contributed by atoms with E-state index >= 15 is 0 Å². The fourth-order valence-electron chi connectivity index (χ4n) is 1.67. The monoisotopic (exact) mass is 285 g/mol. The standard InChI is InChI=1S/C12H10F3N3O2/c1-6-3-9(19)17-18-10(6)11-8(20-2)4-7(5-16-11)12(13,14)15/h3-5H,1-2H3,(H,17,19). The number of alkyl halides is 3. The summed E-state index contributed by atoms with van der Waals surface area (Å²) >= 11 is 0. The zero-order valence-corrected chi connectivity index (χ0v) is 10.6. The lowest BCUT2D eigenvalue weighted by molar-refractivity contribution is -0.137. The summed E-state index contributed by atoms with van der Waals surface area (Å²) in [6.45, 7) is 1.61. The van der Waals surface area contributed by atoms with Crippen LogP contribution in [0.4, 0.5) is 13.2 Å². The largest absolute Gasteiger partial charge is 0.494 e. The highest BCUT2D eigenvalue weighted by molar-refractivity contribution is 5.65. The summed E-state index contributed by atoms with van der Waals surface area (Å²) in [7, 11) is 1.24. The van der Waals surface area contributed by atoms with Crippen LogP contribution in [0.1, 0.15) is 11.1 Å². The van der Waals surface area contributed by atoms with Crippen LogP contribution < -0.4 is 10.3 Å². The Balaban J connectivity index is 2.60. The Bertz CT molecular complexity index is 695. The Kier molecular flexibility index (Phi) is 3.47. The lowest BCUT2D eigenvalue weighted by Gasteiger charge is -2.12. The van der Waals surface area contributed by atoms with Gasteiger partial charge in [0.15, 0.2) is 0 Å². The molecule has 2 aromatic heterocycles. The molecular weight excluding hydrogens is 275 g/mol. The van der Waals surface area contributed by atoms with Gasteiger partial charge in [0.1, 0.15) is 17.1 Å². The third kappa shape index (κ3) is 2.63. The minimum Gasteiger partial charge on any atom is -0.494 e. The molecule has 0 aliphatic carbocycles. The molecule has 20 heavy (non-hydrogen) atoms. The maximum atomic E-state index is 12.6. The molecule has 0 saturated carbocycles. The molecule has 5 nitrogen and oxygen atoms in total. The average Bonchev–Trinajstić information content (AvgIpc) is 2.37. The molecule has 0 spiro atoms. The number of nitrogens with one attached hydrogen (secondary N) is 1. The fourth-order valence-corrected chi connectivity index (χ4v) is 1.67. The fraction of sp³-hybridized carbons (Fsp3) is 0.250. The molecule has 0 saturated heterocycles. The van der Waals surface area contributed by atoms with Crippen molar-refractivity contribution in [2.75, 3.05) is 7.11 Å². The van der Waals surface area contributed by atoms with Crippen molar-refractivity contribution in [3.63, 3.8) is 0 Å².